The average molecular weight is 335 g/mol. The van der Waals surface area contributed by atoms with Crippen LogP contribution in [-0.2, 0) is 12.8 Å². The molecule has 0 radical (unpaired) electrons. The Bertz CT molecular complexity index is 580. The summed E-state index contributed by atoms with van der Waals surface area (Å²) in [7, 11) is 0. The van der Waals surface area contributed by atoms with Crippen molar-refractivity contribution in [3.63, 3.8) is 0 Å². The van der Waals surface area contributed by atoms with Gasteiger partial charge in [-0.3, -0.25) is 4.79 Å². The molecule has 102 valence electrons. The Kier molecular flexibility index (Phi) is 5.21. The summed E-state index contributed by atoms with van der Waals surface area (Å²) in [5.41, 5.74) is 1.45. The van der Waals surface area contributed by atoms with Crippen molar-refractivity contribution in [2.45, 2.75) is 19.8 Å². The molecule has 2 aromatic heterocycles. The highest BCUT2D eigenvalue weighted by Crippen LogP contribution is 2.30. The molecular weight excluding hydrogens is 323 g/mol. The molecule has 0 spiro atoms. The van der Waals surface area contributed by atoms with Crippen molar-refractivity contribution >= 4 is 51.8 Å². The predicted molar refractivity (Wildman–Crippen MR) is 81.9 cm³/mol. The minimum absolute atomic E-state index is 0.195. The maximum atomic E-state index is 11.9. The van der Waals surface area contributed by atoms with Crippen LogP contribution < -0.4 is 5.32 Å². The molecule has 19 heavy (non-hydrogen) atoms. The monoisotopic (exact) mass is 334 g/mol. The summed E-state index contributed by atoms with van der Waals surface area (Å²) in [5, 5.41) is 5.96. The van der Waals surface area contributed by atoms with Gasteiger partial charge in [-0.05, 0) is 12.5 Å². The molecule has 3 nitrogen and oxygen atoms in total. The molecule has 0 bridgehead atoms. The number of carbonyl (C=O) groups is 1. The number of thiophene rings is 1. The number of aryl methyl sites for hydroxylation is 1. The van der Waals surface area contributed by atoms with Gasteiger partial charge in [-0.15, -0.1) is 22.7 Å². The molecular formula is C12H12Cl2N2OS2. The molecule has 0 saturated heterocycles. The molecule has 2 heterocycles. The molecule has 2 aromatic rings. The minimum Gasteiger partial charge on any atom is -0.352 e. The van der Waals surface area contributed by atoms with E-state index in [0.29, 0.717) is 20.8 Å². The van der Waals surface area contributed by atoms with Gasteiger partial charge in [0.25, 0.3) is 5.91 Å². The van der Waals surface area contributed by atoms with E-state index in [0.717, 1.165) is 23.5 Å². The first-order valence-electron chi connectivity index (χ1n) is 5.76. The van der Waals surface area contributed by atoms with Crippen LogP contribution in [0.15, 0.2) is 11.4 Å². The highest BCUT2D eigenvalue weighted by Gasteiger charge is 2.13. The number of hydrogen-bond acceptors (Lipinski definition) is 4. The molecule has 0 unspecified atom stereocenters. The summed E-state index contributed by atoms with van der Waals surface area (Å²) in [6.45, 7) is 2.61. The summed E-state index contributed by atoms with van der Waals surface area (Å²) in [5.74, 6) is -0.195. The van der Waals surface area contributed by atoms with Crippen molar-refractivity contribution in [2.24, 2.45) is 0 Å². The summed E-state index contributed by atoms with van der Waals surface area (Å²) < 4.78 is 0.937. The van der Waals surface area contributed by atoms with E-state index in [9.17, 15) is 4.79 Å². The van der Waals surface area contributed by atoms with Crippen molar-refractivity contribution in [3.8, 4) is 0 Å². The van der Waals surface area contributed by atoms with Gasteiger partial charge in [0.05, 0.1) is 20.6 Å². The number of carbonyl (C=O) groups excluding carboxylic acids is 1. The van der Waals surface area contributed by atoms with Gasteiger partial charge in [-0.25, -0.2) is 4.98 Å². The SMILES string of the molecule is CCc1nc(CCNC(=O)c2cc(Cl)sc2Cl)cs1. The van der Waals surface area contributed by atoms with Crippen molar-refractivity contribution < 1.29 is 4.79 Å². The molecule has 2 rings (SSSR count). The van der Waals surface area contributed by atoms with E-state index >= 15 is 0 Å². The van der Waals surface area contributed by atoms with E-state index in [1.807, 2.05) is 5.38 Å². The zero-order valence-electron chi connectivity index (χ0n) is 10.2. The van der Waals surface area contributed by atoms with Crippen LogP contribution in [0.25, 0.3) is 0 Å². The van der Waals surface area contributed by atoms with E-state index in [1.54, 1.807) is 17.4 Å². The fourth-order valence-electron chi connectivity index (χ4n) is 1.52. The maximum absolute atomic E-state index is 11.9. The number of hydrogen-bond donors (Lipinski definition) is 1. The molecule has 7 heteroatoms. The molecule has 0 aliphatic rings. The van der Waals surface area contributed by atoms with Crippen LogP contribution in [0.1, 0.15) is 28.0 Å². The van der Waals surface area contributed by atoms with Crippen LogP contribution in [0.2, 0.25) is 8.67 Å². The summed E-state index contributed by atoms with van der Waals surface area (Å²) in [4.78, 5) is 16.3. The first-order valence-corrected chi connectivity index (χ1v) is 8.21. The third kappa shape index (κ3) is 3.92. The topological polar surface area (TPSA) is 42.0 Å². The molecule has 0 aliphatic carbocycles. The first kappa shape index (κ1) is 14.8. The summed E-state index contributed by atoms with van der Waals surface area (Å²) >= 11 is 14.6. The molecule has 0 aromatic carbocycles. The van der Waals surface area contributed by atoms with Gasteiger partial charge in [-0.1, -0.05) is 30.1 Å². The number of aromatic nitrogens is 1. The van der Waals surface area contributed by atoms with Crippen LogP contribution in [0.5, 0.6) is 0 Å². The second kappa shape index (κ2) is 6.70. The lowest BCUT2D eigenvalue weighted by Crippen LogP contribution is -2.25. The van der Waals surface area contributed by atoms with E-state index in [-0.39, 0.29) is 5.91 Å². The molecule has 0 fully saturated rings. The Balaban J connectivity index is 1.85. The van der Waals surface area contributed by atoms with Gasteiger partial charge >= 0.3 is 0 Å². The van der Waals surface area contributed by atoms with Crippen LogP contribution in [-0.4, -0.2) is 17.4 Å². The highest BCUT2D eigenvalue weighted by atomic mass is 35.5. The van der Waals surface area contributed by atoms with E-state index in [2.05, 4.69) is 17.2 Å². The Morgan fingerprint density at radius 2 is 2.26 bits per heavy atom. The zero-order chi connectivity index (χ0) is 13.8. The largest absolute Gasteiger partial charge is 0.352 e. The second-order valence-corrected chi connectivity index (χ2v) is 7.06. The molecule has 1 N–H and O–H groups in total. The Morgan fingerprint density at radius 1 is 1.47 bits per heavy atom. The van der Waals surface area contributed by atoms with Gasteiger partial charge < -0.3 is 5.32 Å². The Morgan fingerprint density at radius 3 is 2.84 bits per heavy atom. The molecule has 0 atom stereocenters. The first-order chi connectivity index (χ1) is 9.10. The second-order valence-electron chi connectivity index (χ2n) is 3.83. The Labute approximate surface area is 129 Å². The number of amides is 1. The highest BCUT2D eigenvalue weighted by molar-refractivity contribution is 7.20. The average Bonchev–Trinajstić information content (AvgIpc) is 2.95. The number of nitrogens with one attached hydrogen (secondary N) is 1. The van der Waals surface area contributed by atoms with E-state index < -0.39 is 0 Å². The molecule has 0 saturated carbocycles. The number of rotatable bonds is 5. The summed E-state index contributed by atoms with van der Waals surface area (Å²) in [6.07, 6.45) is 1.66. The van der Waals surface area contributed by atoms with E-state index in [4.69, 9.17) is 23.2 Å². The fourth-order valence-corrected chi connectivity index (χ4v) is 3.76. The lowest BCUT2D eigenvalue weighted by Gasteiger charge is -2.02. The molecule has 1 amide bonds. The number of nitrogens with zero attached hydrogens (tertiary/aromatic N) is 1. The predicted octanol–water partition coefficient (Wildman–Crippen LogP) is 4.05. The normalized spacial score (nSPS) is 10.7. The lowest BCUT2D eigenvalue weighted by molar-refractivity contribution is 0.0954. The third-order valence-electron chi connectivity index (χ3n) is 2.47. The van der Waals surface area contributed by atoms with Crippen LogP contribution >= 0.6 is 45.9 Å². The van der Waals surface area contributed by atoms with Crippen LogP contribution in [0, 0.1) is 0 Å². The number of halogens is 2. The fraction of sp³-hybridized carbons (Fsp3) is 0.333. The number of thiazole rings is 1. The van der Waals surface area contributed by atoms with Crippen LogP contribution in [0.3, 0.4) is 0 Å². The Hall–Kier alpha value is -0.620. The van der Waals surface area contributed by atoms with Gasteiger partial charge in [0.2, 0.25) is 0 Å². The third-order valence-corrected chi connectivity index (χ3v) is 5.00. The zero-order valence-corrected chi connectivity index (χ0v) is 13.3. The van der Waals surface area contributed by atoms with E-state index in [1.165, 1.54) is 11.3 Å². The minimum atomic E-state index is -0.195. The maximum Gasteiger partial charge on any atom is 0.253 e. The molecule has 0 aliphatic heterocycles. The van der Waals surface area contributed by atoms with Crippen molar-refractivity contribution in [3.05, 3.63) is 36.4 Å². The van der Waals surface area contributed by atoms with Crippen molar-refractivity contribution in [2.75, 3.05) is 6.54 Å². The van der Waals surface area contributed by atoms with Gasteiger partial charge in [-0.2, -0.15) is 0 Å². The van der Waals surface area contributed by atoms with Crippen molar-refractivity contribution in [1.82, 2.24) is 10.3 Å². The van der Waals surface area contributed by atoms with Gasteiger partial charge in [0.1, 0.15) is 4.34 Å². The van der Waals surface area contributed by atoms with Crippen LogP contribution in [0.4, 0.5) is 0 Å². The summed E-state index contributed by atoms with van der Waals surface area (Å²) in [6, 6.07) is 1.59. The van der Waals surface area contributed by atoms with Crippen molar-refractivity contribution in [1.29, 1.82) is 0 Å². The quantitative estimate of drug-likeness (QED) is 0.896. The standard InChI is InChI=1S/C12H12Cl2N2OS2/c1-2-10-16-7(6-18-10)3-4-15-12(17)8-5-9(13)19-11(8)14/h5-6H,2-4H2,1H3,(H,15,17). The lowest BCUT2D eigenvalue weighted by atomic mass is 10.3. The van der Waals surface area contributed by atoms with Gasteiger partial charge in [0, 0.05) is 18.3 Å². The van der Waals surface area contributed by atoms with Gasteiger partial charge in [0.15, 0.2) is 0 Å². The smallest absolute Gasteiger partial charge is 0.253 e.